The van der Waals surface area contributed by atoms with Crippen LogP contribution in [0.1, 0.15) is 23.8 Å². The predicted molar refractivity (Wildman–Crippen MR) is 127 cm³/mol. The second-order valence-corrected chi connectivity index (χ2v) is 9.87. The van der Waals surface area contributed by atoms with Crippen molar-refractivity contribution in [3.05, 3.63) is 34.7 Å². The lowest BCUT2D eigenvalue weighted by Crippen LogP contribution is -2.14. The van der Waals surface area contributed by atoms with E-state index in [0.717, 1.165) is 45.3 Å². The Morgan fingerprint density at radius 3 is 2.84 bits per heavy atom. The molecule has 1 aromatic carbocycles. The van der Waals surface area contributed by atoms with Gasteiger partial charge in [-0.3, -0.25) is 4.79 Å². The fraction of sp³-hybridized carbons (Fsp3) is 0.333. The summed E-state index contributed by atoms with van der Waals surface area (Å²) in [5.41, 5.74) is 2.97. The van der Waals surface area contributed by atoms with Crippen molar-refractivity contribution in [1.29, 1.82) is 0 Å². The Kier molecular flexibility index (Phi) is 5.77. The Morgan fingerprint density at radius 1 is 1.23 bits per heavy atom. The number of anilines is 1. The summed E-state index contributed by atoms with van der Waals surface area (Å²) in [5.74, 6) is 0.928. The predicted octanol–water partition coefficient (Wildman–Crippen LogP) is 4.68. The summed E-state index contributed by atoms with van der Waals surface area (Å²) in [6, 6.07) is 7.37. The van der Waals surface area contributed by atoms with Crippen LogP contribution in [0.4, 0.5) is 5.69 Å². The zero-order valence-corrected chi connectivity index (χ0v) is 19.6. The standard InChI is InChI=1S/C21H21N5O2S3/c1-3-28-13-9-7-12(8-10-13)22-16(27)11-30-21-25-24-18-17-14-5-4-6-15(14)31-19(17)23-20(29-2)26(18)21/h7-10H,3-6,11H2,1-2H3,(H,22,27). The lowest BCUT2D eigenvalue weighted by atomic mass is 10.2. The topological polar surface area (TPSA) is 81.4 Å². The smallest absolute Gasteiger partial charge is 0.234 e. The van der Waals surface area contributed by atoms with E-state index in [-0.39, 0.29) is 11.7 Å². The second kappa shape index (κ2) is 8.68. The van der Waals surface area contributed by atoms with Gasteiger partial charge in [-0.1, -0.05) is 23.5 Å². The lowest BCUT2D eigenvalue weighted by molar-refractivity contribution is -0.113. The van der Waals surface area contributed by atoms with Crippen molar-refractivity contribution in [2.45, 2.75) is 36.5 Å². The molecule has 3 heterocycles. The highest BCUT2D eigenvalue weighted by Crippen LogP contribution is 2.40. The molecule has 31 heavy (non-hydrogen) atoms. The molecule has 0 fully saturated rings. The average molecular weight is 472 g/mol. The molecule has 1 aliphatic carbocycles. The highest BCUT2D eigenvalue weighted by molar-refractivity contribution is 8.00. The Balaban J connectivity index is 1.37. The first-order chi connectivity index (χ1) is 15.2. The van der Waals surface area contributed by atoms with E-state index in [0.29, 0.717) is 11.8 Å². The van der Waals surface area contributed by atoms with Crippen LogP contribution >= 0.6 is 34.9 Å². The maximum absolute atomic E-state index is 12.5. The number of thiophene rings is 1. The van der Waals surface area contributed by atoms with E-state index in [1.165, 1.54) is 28.6 Å². The molecule has 0 atom stereocenters. The van der Waals surface area contributed by atoms with Crippen molar-refractivity contribution in [2.75, 3.05) is 23.9 Å². The van der Waals surface area contributed by atoms with Gasteiger partial charge in [-0.15, -0.1) is 21.5 Å². The zero-order valence-electron chi connectivity index (χ0n) is 17.2. The fourth-order valence-corrected chi connectivity index (χ4v) is 6.44. The van der Waals surface area contributed by atoms with Crippen molar-refractivity contribution in [3.63, 3.8) is 0 Å². The highest BCUT2D eigenvalue weighted by atomic mass is 32.2. The van der Waals surface area contributed by atoms with Gasteiger partial charge in [-0.2, -0.15) is 0 Å². The molecule has 3 aromatic heterocycles. The minimum atomic E-state index is -0.0953. The molecule has 4 aromatic rings. The van der Waals surface area contributed by atoms with Gasteiger partial charge < -0.3 is 10.1 Å². The van der Waals surface area contributed by atoms with Crippen LogP contribution in [0, 0.1) is 0 Å². The van der Waals surface area contributed by atoms with Crippen LogP contribution in [-0.2, 0) is 17.6 Å². The number of fused-ring (bicyclic) bond motifs is 5. The molecule has 7 nitrogen and oxygen atoms in total. The van der Waals surface area contributed by atoms with E-state index in [1.807, 2.05) is 41.8 Å². The number of rotatable bonds is 7. The first-order valence-corrected chi connectivity index (χ1v) is 13.1. The van der Waals surface area contributed by atoms with Crippen LogP contribution in [0.15, 0.2) is 34.6 Å². The first kappa shape index (κ1) is 20.6. The van der Waals surface area contributed by atoms with Gasteiger partial charge in [0.05, 0.1) is 17.7 Å². The number of nitrogens with one attached hydrogen (secondary N) is 1. The summed E-state index contributed by atoms with van der Waals surface area (Å²) in [6.45, 7) is 2.55. The SMILES string of the molecule is CCOc1ccc(NC(=O)CSc2nnc3c4c5c(sc4nc(SC)n23)CCC5)cc1. The number of carbonyl (C=O) groups is 1. The number of hydrogen-bond acceptors (Lipinski definition) is 8. The first-order valence-electron chi connectivity index (χ1n) is 10.1. The van der Waals surface area contributed by atoms with E-state index in [2.05, 4.69) is 15.5 Å². The van der Waals surface area contributed by atoms with Crippen molar-refractivity contribution in [3.8, 4) is 5.75 Å². The van der Waals surface area contributed by atoms with Crippen molar-refractivity contribution in [2.24, 2.45) is 0 Å². The molecule has 160 valence electrons. The molecule has 1 aliphatic rings. The summed E-state index contributed by atoms with van der Waals surface area (Å²) in [5, 5.41) is 14.5. The van der Waals surface area contributed by atoms with Gasteiger partial charge in [0.2, 0.25) is 5.91 Å². The van der Waals surface area contributed by atoms with Crippen LogP contribution in [0.5, 0.6) is 5.75 Å². The van der Waals surface area contributed by atoms with E-state index in [1.54, 1.807) is 23.1 Å². The van der Waals surface area contributed by atoms with Gasteiger partial charge in [0.15, 0.2) is 16.0 Å². The number of benzene rings is 1. The van der Waals surface area contributed by atoms with Gasteiger partial charge >= 0.3 is 0 Å². The molecule has 10 heteroatoms. The highest BCUT2D eigenvalue weighted by Gasteiger charge is 2.24. The number of hydrogen-bond donors (Lipinski definition) is 1. The maximum atomic E-state index is 12.5. The Hall–Kier alpha value is -2.30. The van der Waals surface area contributed by atoms with Crippen LogP contribution < -0.4 is 10.1 Å². The number of nitrogens with zero attached hydrogens (tertiary/aromatic N) is 4. The molecule has 0 saturated heterocycles. The molecule has 0 saturated carbocycles. The number of amides is 1. The monoisotopic (exact) mass is 471 g/mol. The molecule has 0 bridgehead atoms. The van der Waals surface area contributed by atoms with Crippen molar-refractivity contribution < 1.29 is 9.53 Å². The van der Waals surface area contributed by atoms with E-state index >= 15 is 0 Å². The minimum Gasteiger partial charge on any atom is -0.494 e. The summed E-state index contributed by atoms with van der Waals surface area (Å²) < 4.78 is 7.43. The third-order valence-corrected chi connectivity index (χ3v) is 7.87. The van der Waals surface area contributed by atoms with Gasteiger partial charge in [-0.25, -0.2) is 9.38 Å². The average Bonchev–Trinajstić information content (AvgIpc) is 3.47. The quantitative estimate of drug-likeness (QED) is 0.310. The molecule has 5 rings (SSSR count). The number of aromatic nitrogens is 4. The third-order valence-electron chi connectivity index (χ3n) is 5.11. The molecule has 0 unspecified atom stereocenters. The second-order valence-electron chi connectivity index (χ2n) is 7.07. The number of ether oxygens (including phenoxy) is 1. The van der Waals surface area contributed by atoms with Crippen LogP contribution in [-0.4, -0.2) is 44.1 Å². The van der Waals surface area contributed by atoms with Crippen molar-refractivity contribution >= 4 is 62.3 Å². The summed E-state index contributed by atoms with van der Waals surface area (Å²) >= 11 is 4.72. The van der Waals surface area contributed by atoms with E-state index in [9.17, 15) is 4.79 Å². The zero-order chi connectivity index (χ0) is 21.4. The number of aryl methyl sites for hydroxylation is 2. The van der Waals surface area contributed by atoms with Crippen LogP contribution in [0.3, 0.4) is 0 Å². The molecular weight excluding hydrogens is 450 g/mol. The maximum Gasteiger partial charge on any atom is 0.234 e. The van der Waals surface area contributed by atoms with Gasteiger partial charge in [0.1, 0.15) is 10.6 Å². The summed E-state index contributed by atoms with van der Waals surface area (Å²) in [4.78, 5) is 19.8. The van der Waals surface area contributed by atoms with Crippen molar-refractivity contribution in [1.82, 2.24) is 19.6 Å². The minimum absolute atomic E-state index is 0.0953. The fourth-order valence-electron chi connectivity index (χ4n) is 3.80. The Bertz CT molecular complexity index is 1270. The molecule has 1 N–H and O–H groups in total. The summed E-state index contributed by atoms with van der Waals surface area (Å²) in [7, 11) is 0. The molecule has 0 radical (unpaired) electrons. The Morgan fingerprint density at radius 2 is 2.06 bits per heavy atom. The van der Waals surface area contributed by atoms with E-state index in [4.69, 9.17) is 9.72 Å². The van der Waals surface area contributed by atoms with Crippen LogP contribution in [0.25, 0.3) is 15.9 Å². The third kappa shape index (κ3) is 3.88. The van der Waals surface area contributed by atoms with Gasteiger partial charge in [0.25, 0.3) is 0 Å². The number of thioether (sulfide) groups is 2. The van der Waals surface area contributed by atoms with Gasteiger partial charge in [0, 0.05) is 10.6 Å². The molecule has 0 spiro atoms. The molecular formula is C21H21N5O2S3. The van der Waals surface area contributed by atoms with Gasteiger partial charge in [-0.05, 0) is 62.3 Å². The molecule has 1 amide bonds. The molecule has 0 aliphatic heterocycles. The lowest BCUT2D eigenvalue weighted by Gasteiger charge is -2.08. The summed E-state index contributed by atoms with van der Waals surface area (Å²) in [6.07, 6.45) is 5.39. The van der Waals surface area contributed by atoms with E-state index < -0.39 is 0 Å². The normalized spacial score (nSPS) is 13.1. The number of carbonyl (C=O) groups excluding carboxylic acids is 1. The Labute approximate surface area is 192 Å². The largest absolute Gasteiger partial charge is 0.494 e. The van der Waals surface area contributed by atoms with Crippen LogP contribution in [0.2, 0.25) is 0 Å².